The zero-order valence-corrected chi connectivity index (χ0v) is 17.1. The van der Waals surface area contributed by atoms with Gasteiger partial charge in [-0.1, -0.05) is 6.92 Å². The molecule has 4 N–H and O–H groups in total. The van der Waals surface area contributed by atoms with E-state index in [2.05, 4.69) is 0 Å². The number of hydrogen-bond donors (Lipinski definition) is 4. The van der Waals surface area contributed by atoms with E-state index in [4.69, 9.17) is 0 Å². The largest absolute Gasteiger partial charge is 0.508 e. The van der Waals surface area contributed by atoms with Crippen LogP contribution >= 0.6 is 0 Å². The van der Waals surface area contributed by atoms with Crippen LogP contribution in [-0.4, -0.2) is 49.2 Å². The van der Waals surface area contributed by atoms with Crippen molar-refractivity contribution in [2.75, 3.05) is 0 Å². The molecule has 0 aromatic heterocycles. The van der Waals surface area contributed by atoms with Gasteiger partial charge in [0.25, 0.3) is 0 Å². The van der Waals surface area contributed by atoms with E-state index in [0.717, 1.165) is 6.92 Å². The van der Waals surface area contributed by atoms with E-state index in [1.165, 1.54) is 12.1 Å². The topological polar surface area (TPSA) is 149 Å². The Labute approximate surface area is 177 Å². The highest BCUT2D eigenvalue weighted by Gasteiger charge is 2.60. The molecule has 1 fully saturated rings. The Morgan fingerprint density at radius 1 is 1.13 bits per heavy atom. The van der Waals surface area contributed by atoms with Gasteiger partial charge in [-0.05, 0) is 43.4 Å². The molecule has 1 aromatic rings. The number of carbonyl (C=O) groups is 4. The van der Waals surface area contributed by atoms with Gasteiger partial charge in [0.05, 0.1) is 5.56 Å². The average molecular weight is 426 g/mol. The fourth-order valence-electron chi connectivity index (χ4n) is 5.18. The molecule has 4 rings (SSSR count). The van der Waals surface area contributed by atoms with Gasteiger partial charge in [-0.25, -0.2) is 0 Å². The van der Waals surface area contributed by atoms with Crippen molar-refractivity contribution in [1.82, 2.24) is 0 Å². The van der Waals surface area contributed by atoms with Crippen molar-refractivity contribution < 1.29 is 39.6 Å². The van der Waals surface area contributed by atoms with Crippen molar-refractivity contribution in [3.8, 4) is 5.75 Å². The van der Waals surface area contributed by atoms with E-state index in [-0.39, 0.29) is 48.4 Å². The van der Waals surface area contributed by atoms with E-state index < -0.39 is 51.9 Å². The number of phenols is 1. The summed E-state index contributed by atoms with van der Waals surface area (Å²) in [6.45, 7) is 2.74. The number of fused-ring (bicyclic) bond motifs is 3. The fraction of sp³-hybridized carbons (Fsp3) is 0.391. The van der Waals surface area contributed by atoms with Crippen LogP contribution in [0.3, 0.4) is 0 Å². The lowest BCUT2D eigenvalue weighted by molar-refractivity contribution is -0.147. The number of aliphatic hydroxyl groups excluding tert-OH is 2. The van der Waals surface area contributed by atoms with Gasteiger partial charge in [0, 0.05) is 29.9 Å². The molecular formula is C23H22O8. The third-order valence-electron chi connectivity index (χ3n) is 6.67. The zero-order chi connectivity index (χ0) is 22.8. The van der Waals surface area contributed by atoms with E-state index >= 15 is 0 Å². The van der Waals surface area contributed by atoms with Crippen LogP contribution < -0.4 is 0 Å². The van der Waals surface area contributed by atoms with Crippen LogP contribution in [0, 0.1) is 11.8 Å². The average Bonchev–Trinajstić information content (AvgIpc) is 2.70. The lowest BCUT2D eigenvalue weighted by Crippen LogP contribution is -2.57. The number of allylic oxidation sites excluding steroid dienone is 1. The molecule has 3 aliphatic rings. The van der Waals surface area contributed by atoms with Gasteiger partial charge in [-0.15, -0.1) is 0 Å². The molecule has 0 unspecified atom stereocenters. The first-order valence-electron chi connectivity index (χ1n) is 10.1. The lowest BCUT2D eigenvalue weighted by Gasteiger charge is -2.46. The first kappa shape index (κ1) is 21.0. The van der Waals surface area contributed by atoms with Crippen molar-refractivity contribution in [3.63, 3.8) is 0 Å². The van der Waals surface area contributed by atoms with Crippen LogP contribution in [0.4, 0.5) is 0 Å². The minimum atomic E-state index is -2.52. The second kappa shape index (κ2) is 6.88. The van der Waals surface area contributed by atoms with Gasteiger partial charge >= 0.3 is 0 Å². The van der Waals surface area contributed by atoms with Crippen molar-refractivity contribution in [2.24, 2.45) is 11.8 Å². The number of carbonyl (C=O) groups excluding carboxylic acids is 4. The third-order valence-corrected chi connectivity index (χ3v) is 6.67. The Hall–Kier alpha value is -3.26. The monoisotopic (exact) mass is 426 g/mol. The summed E-state index contributed by atoms with van der Waals surface area (Å²) in [5, 5.41) is 43.1. The van der Waals surface area contributed by atoms with Crippen molar-refractivity contribution in [2.45, 2.75) is 45.1 Å². The molecule has 0 spiro atoms. The summed E-state index contributed by atoms with van der Waals surface area (Å²) < 4.78 is 0. The Kier molecular flexibility index (Phi) is 4.66. The molecule has 8 heteroatoms. The van der Waals surface area contributed by atoms with Crippen LogP contribution in [0.5, 0.6) is 5.75 Å². The minimum absolute atomic E-state index is 0.0527. The highest BCUT2D eigenvalue weighted by atomic mass is 16.3. The van der Waals surface area contributed by atoms with Crippen molar-refractivity contribution in [3.05, 3.63) is 45.7 Å². The van der Waals surface area contributed by atoms with Gasteiger partial charge < -0.3 is 20.4 Å². The van der Waals surface area contributed by atoms with E-state index in [1.54, 1.807) is 6.92 Å². The maximum absolute atomic E-state index is 13.4. The number of aliphatic hydroxyl groups is 3. The minimum Gasteiger partial charge on any atom is -0.508 e. The summed E-state index contributed by atoms with van der Waals surface area (Å²) in [5.74, 6) is -6.11. The number of rotatable bonds is 3. The smallest absolute Gasteiger partial charge is 0.202 e. The molecule has 162 valence electrons. The van der Waals surface area contributed by atoms with Crippen molar-refractivity contribution in [1.29, 1.82) is 0 Å². The highest BCUT2D eigenvalue weighted by Crippen LogP contribution is 2.52. The molecule has 31 heavy (non-hydrogen) atoms. The van der Waals surface area contributed by atoms with Gasteiger partial charge in [0.15, 0.2) is 23.0 Å². The fourth-order valence-corrected chi connectivity index (χ4v) is 5.18. The number of phenolic OH excluding ortho intramolecular Hbond substituents is 1. The van der Waals surface area contributed by atoms with E-state index in [0.29, 0.717) is 11.1 Å². The summed E-state index contributed by atoms with van der Waals surface area (Å²) >= 11 is 0. The summed E-state index contributed by atoms with van der Waals surface area (Å²) in [5.41, 5.74) is -2.63. The Balaban J connectivity index is 1.94. The molecule has 8 nitrogen and oxygen atoms in total. The molecule has 0 amide bonds. The zero-order valence-electron chi connectivity index (χ0n) is 17.1. The molecule has 1 saturated carbocycles. The van der Waals surface area contributed by atoms with Crippen LogP contribution in [0.25, 0.3) is 5.76 Å². The van der Waals surface area contributed by atoms with E-state index in [1.807, 2.05) is 0 Å². The summed E-state index contributed by atoms with van der Waals surface area (Å²) in [6.07, 6.45) is 0.110. The lowest BCUT2D eigenvalue weighted by atomic mass is 9.59. The highest BCUT2D eigenvalue weighted by molar-refractivity contribution is 6.23. The number of ketones is 4. The van der Waals surface area contributed by atoms with E-state index in [9.17, 15) is 39.6 Å². The molecular weight excluding hydrogens is 404 g/mol. The summed E-state index contributed by atoms with van der Waals surface area (Å²) in [6, 6.07) is 2.73. The maximum Gasteiger partial charge on any atom is 0.202 e. The van der Waals surface area contributed by atoms with Gasteiger partial charge in [0.2, 0.25) is 5.78 Å². The van der Waals surface area contributed by atoms with Gasteiger partial charge in [-0.2, -0.15) is 0 Å². The Morgan fingerprint density at radius 2 is 1.81 bits per heavy atom. The van der Waals surface area contributed by atoms with Crippen LogP contribution in [0.15, 0.2) is 29.0 Å². The quantitative estimate of drug-likeness (QED) is 0.424. The first-order chi connectivity index (χ1) is 14.5. The second-order valence-corrected chi connectivity index (χ2v) is 8.36. The van der Waals surface area contributed by atoms with Crippen LogP contribution in [0.2, 0.25) is 0 Å². The summed E-state index contributed by atoms with van der Waals surface area (Å²) in [7, 11) is 0. The number of hydrogen-bond acceptors (Lipinski definition) is 8. The first-order valence-corrected chi connectivity index (χ1v) is 10.1. The van der Waals surface area contributed by atoms with Gasteiger partial charge in [0.1, 0.15) is 22.8 Å². The molecule has 0 saturated heterocycles. The Bertz CT molecular complexity index is 1140. The predicted molar refractivity (Wildman–Crippen MR) is 107 cm³/mol. The molecule has 1 aromatic carbocycles. The Morgan fingerprint density at radius 3 is 2.42 bits per heavy atom. The summed E-state index contributed by atoms with van der Waals surface area (Å²) in [4.78, 5) is 50.0. The van der Waals surface area contributed by atoms with Gasteiger partial charge in [-0.3, -0.25) is 19.2 Å². The molecule has 0 bridgehead atoms. The predicted octanol–water partition coefficient (Wildman–Crippen LogP) is 2.12. The molecule has 0 heterocycles. The second-order valence-electron chi connectivity index (χ2n) is 8.36. The SMILES string of the molecule is CCC(=O)c1ccc(O)c2c1C[C@H]1C[C@H]3CC(=O)C(C(C)=O)=C(O)[C@@]3(O)C(=O)C1=C2O. The third kappa shape index (κ3) is 2.71. The molecule has 0 aliphatic heterocycles. The van der Waals surface area contributed by atoms with Crippen molar-refractivity contribution >= 4 is 28.9 Å². The van der Waals surface area contributed by atoms with Crippen LogP contribution in [0.1, 0.15) is 54.6 Å². The molecule has 3 atom stereocenters. The maximum atomic E-state index is 13.4. The number of benzene rings is 1. The standard InChI is InChI=1S/C23H22O8/c1-3-14(25)12-4-5-15(26)19-13(12)7-10-6-11-8-16(27)17(9(2)24)21(29)23(11,31)22(30)18(10)20(19)28/h4-5,10-11,26,28-29,31H,3,6-8H2,1-2H3/t10-,11+,23-/m1/s1. The van der Waals surface area contributed by atoms with Crippen LogP contribution in [-0.2, 0) is 20.8 Å². The number of aromatic hydroxyl groups is 1. The molecule has 0 radical (unpaired) electrons. The number of Topliss-reactive ketones (excluding diaryl/α,β-unsaturated/α-hetero) is 4. The molecule has 3 aliphatic carbocycles. The normalized spacial score (nSPS) is 27.6.